The molecule has 0 spiro atoms. The number of hydrazine groups is 1. The van der Waals surface area contributed by atoms with Crippen LogP contribution < -0.4 is 17.0 Å². The molecule has 0 saturated carbocycles. The lowest BCUT2D eigenvalue weighted by Gasteiger charge is -1.94. The Labute approximate surface area is 156 Å². The first-order valence-electron chi connectivity index (χ1n) is 6.87. The molecule has 0 unspecified atom stereocenters. The topological polar surface area (TPSA) is 122 Å². The van der Waals surface area contributed by atoms with Gasteiger partial charge >= 0.3 is 0 Å². The molecule has 132 valence electrons. The molecule has 0 aliphatic rings. The number of carbonyl (C=O) groups is 1. The predicted octanol–water partition coefficient (Wildman–Crippen LogP) is 2.66. The number of benzene rings is 2. The molecule has 2 aromatic carbocycles. The Kier molecular flexibility index (Phi) is 12.1. The fraction of sp³-hybridized carbons (Fsp3) is 0. The molecule has 0 aliphatic heterocycles. The molecule has 0 aromatic heterocycles. The summed E-state index contributed by atoms with van der Waals surface area (Å²) in [5, 5.41) is 14.5. The number of aliphatic hydroxyl groups is 2. The molecule has 0 heterocycles. The van der Waals surface area contributed by atoms with Gasteiger partial charge in [0.15, 0.2) is 5.78 Å². The van der Waals surface area contributed by atoms with E-state index in [4.69, 9.17) is 10.2 Å². The van der Waals surface area contributed by atoms with Crippen molar-refractivity contribution in [2.75, 3.05) is 0 Å². The molecule has 0 bridgehead atoms. The highest BCUT2D eigenvalue weighted by Gasteiger charge is 1.98. The van der Waals surface area contributed by atoms with E-state index < -0.39 is 5.17 Å². The molecule has 25 heavy (non-hydrogen) atoms. The molecule has 0 aliphatic carbocycles. The minimum atomic E-state index is -0.500. The molecule has 0 atom stereocenters. The van der Waals surface area contributed by atoms with Gasteiger partial charge in [0.25, 0.3) is 10.3 Å². The van der Waals surface area contributed by atoms with Crippen LogP contribution in [0.25, 0.3) is 6.08 Å². The van der Waals surface area contributed by atoms with E-state index in [9.17, 15) is 4.79 Å². The quantitative estimate of drug-likeness (QED) is 0.182. The van der Waals surface area contributed by atoms with Crippen molar-refractivity contribution in [3.05, 3.63) is 77.9 Å². The van der Waals surface area contributed by atoms with Gasteiger partial charge in [0.2, 0.25) is 0 Å². The molecule has 7 N–H and O–H groups in total. The number of nitrogens with one attached hydrogen (secondary N) is 1. The molecular weight excluding hydrogens is 358 g/mol. The molecular formula is C17H19N3O3S2. The number of allylic oxidation sites excluding steroid dienone is 1. The van der Waals surface area contributed by atoms with E-state index in [2.05, 4.69) is 36.0 Å². The van der Waals surface area contributed by atoms with Crippen molar-refractivity contribution in [1.82, 2.24) is 5.43 Å². The summed E-state index contributed by atoms with van der Waals surface area (Å²) in [5.41, 5.74) is 7.96. The smallest absolute Gasteiger partial charge is 0.268 e. The van der Waals surface area contributed by atoms with E-state index in [0.29, 0.717) is 0 Å². The van der Waals surface area contributed by atoms with Crippen molar-refractivity contribution in [2.45, 2.75) is 0 Å². The van der Waals surface area contributed by atoms with Crippen LogP contribution in [0.3, 0.4) is 0 Å². The molecule has 2 rings (SSSR count). The highest BCUT2D eigenvalue weighted by atomic mass is 32.1. The molecule has 0 fully saturated rings. The molecule has 0 saturated heterocycles. The Hall–Kier alpha value is -2.81. The Morgan fingerprint density at radius 1 is 0.960 bits per heavy atom. The van der Waals surface area contributed by atoms with Crippen LogP contribution in [0.2, 0.25) is 0 Å². The summed E-state index contributed by atoms with van der Waals surface area (Å²) < 4.78 is 0. The van der Waals surface area contributed by atoms with Gasteiger partial charge in [0.05, 0.1) is 0 Å². The van der Waals surface area contributed by atoms with Crippen LogP contribution in [0.15, 0.2) is 66.7 Å². The minimum absolute atomic E-state index is 0.0319. The summed E-state index contributed by atoms with van der Waals surface area (Å²) in [6.07, 6.45) is 3.43. The summed E-state index contributed by atoms with van der Waals surface area (Å²) >= 11 is 7.89. The molecule has 2 aromatic rings. The van der Waals surface area contributed by atoms with E-state index in [0.717, 1.165) is 11.1 Å². The van der Waals surface area contributed by atoms with Gasteiger partial charge in [-0.05, 0) is 36.1 Å². The van der Waals surface area contributed by atoms with E-state index in [1.807, 2.05) is 72.2 Å². The molecule has 8 heteroatoms. The third-order valence-electron chi connectivity index (χ3n) is 2.41. The number of carbonyl (C=O) groups excluding carboxylic acids is 1. The average Bonchev–Trinajstić information content (AvgIpc) is 2.61. The van der Waals surface area contributed by atoms with Crippen molar-refractivity contribution >= 4 is 46.6 Å². The van der Waals surface area contributed by atoms with Crippen LogP contribution in [-0.2, 0) is 0 Å². The number of ketones is 1. The zero-order chi connectivity index (χ0) is 19.1. The maximum absolute atomic E-state index is 11.7. The highest BCUT2D eigenvalue weighted by Crippen LogP contribution is 2.05. The average molecular weight is 377 g/mol. The van der Waals surface area contributed by atoms with Crippen LogP contribution in [-0.4, -0.2) is 26.3 Å². The number of thiocarbonyl (C=S) groups is 2. The summed E-state index contributed by atoms with van der Waals surface area (Å²) in [4.78, 5) is 11.7. The number of nitrogens with two attached hydrogens (primary N) is 2. The number of hydrogen-bond acceptors (Lipinski definition) is 4. The van der Waals surface area contributed by atoms with Crippen molar-refractivity contribution in [2.24, 2.45) is 11.6 Å². The van der Waals surface area contributed by atoms with Crippen LogP contribution in [0.5, 0.6) is 0 Å². The second kappa shape index (κ2) is 13.6. The lowest BCUT2D eigenvalue weighted by Crippen LogP contribution is -2.27. The largest absolute Gasteiger partial charge is 0.487 e. The number of aliphatic hydroxyl groups excluding tert-OH is 2. The number of rotatable bonds is 3. The Bertz CT molecular complexity index is 689. The third kappa shape index (κ3) is 13.3. The molecule has 0 amide bonds. The van der Waals surface area contributed by atoms with Crippen molar-refractivity contribution in [3.8, 4) is 0 Å². The van der Waals surface area contributed by atoms with Crippen molar-refractivity contribution in [3.63, 3.8) is 0 Å². The van der Waals surface area contributed by atoms with Gasteiger partial charge in [0.1, 0.15) is 0 Å². The maximum Gasteiger partial charge on any atom is 0.268 e. The summed E-state index contributed by atoms with van der Waals surface area (Å²) in [6.45, 7) is 0. The van der Waals surface area contributed by atoms with Crippen LogP contribution in [0.4, 0.5) is 0 Å². The van der Waals surface area contributed by atoms with Gasteiger partial charge < -0.3 is 15.9 Å². The Balaban J connectivity index is 0.000000536. The fourth-order valence-electron chi connectivity index (χ4n) is 1.43. The third-order valence-corrected chi connectivity index (χ3v) is 2.53. The van der Waals surface area contributed by atoms with Crippen LogP contribution in [0.1, 0.15) is 15.9 Å². The summed E-state index contributed by atoms with van der Waals surface area (Å²) in [6, 6.07) is 19.1. The summed E-state index contributed by atoms with van der Waals surface area (Å²) in [5.74, 6) is 4.56. The van der Waals surface area contributed by atoms with Crippen LogP contribution >= 0.6 is 24.4 Å². The van der Waals surface area contributed by atoms with Gasteiger partial charge in [-0.3, -0.25) is 10.2 Å². The van der Waals surface area contributed by atoms with E-state index in [1.165, 1.54) is 0 Å². The summed E-state index contributed by atoms with van der Waals surface area (Å²) in [7, 11) is 0. The standard InChI is InChI=1S/C15H12O.CH4N2OS.CH3NOS/c16-15(14-9-5-2-6-10-14)12-11-13-7-3-1-4-8-13;2-3-1(4)5;2-1(3)4/h1-12H;2H2,(H2,3,4,5);(H3,2,3,4). The lowest BCUT2D eigenvalue weighted by atomic mass is 10.1. The first kappa shape index (κ1) is 22.2. The monoisotopic (exact) mass is 377 g/mol. The Morgan fingerprint density at radius 3 is 1.76 bits per heavy atom. The van der Waals surface area contributed by atoms with Gasteiger partial charge in [0, 0.05) is 5.56 Å². The normalized spacial score (nSPS) is 9.00. The predicted molar refractivity (Wildman–Crippen MR) is 108 cm³/mol. The Morgan fingerprint density at radius 2 is 1.36 bits per heavy atom. The SMILES string of the molecule is NC(O)=S.NNC(O)=S.O=C(C=Cc1ccccc1)c1ccccc1. The maximum atomic E-state index is 11.7. The zero-order valence-electron chi connectivity index (χ0n) is 13.2. The highest BCUT2D eigenvalue weighted by molar-refractivity contribution is 7.80. The molecule has 6 nitrogen and oxygen atoms in total. The second-order valence-electron chi connectivity index (χ2n) is 4.26. The van der Waals surface area contributed by atoms with Crippen molar-refractivity contribution in [1.29, 1.82) is 0 Å². The fourth-order valence-corrected chi connectivity index (χ4v) is 1.43. The van der Waals surface area contributed by atoms with Gasteiger partial charge in [-0.25, -0.2) is 5.84 Å². The first-order chi connectivity index (χ1) is 11.9. The molecule has 0 radical (unpaired) electrons. The van der Waals surface area contributed by atoms with E-state index in [-0.39, 0.29) is 11.0 Å². The van der Waals surface area contributed by atoms with Gasteiger partial charge in [-0.2, -0.15) is 0 Å². The first-order valence-corrected chi connectivity index (χ1v) is 7.69. The van der Waals surface area contributed by atoms with E-state index >= 15 is 0 Å². The number of hydrogen-bond donors (Lipinski definition) is 5. The van der Waals surface area contributed by atoms with Crippen molar-refractivity contribution < 1.29 is 15.0 Å². The van der Waals surface area contributed by atoms with E-state index in [1.54, 1.807) is 6.08 Å². The van der Waals surface area contributed by atoms with Gasteiger partial charge in [-0.15, -0.1) is 0 Å². The minimum Gasteiger partial charge on any atom is -0.487 e. The lowest BCUT2D eigenvalue weighted by molar-refractivity contribution is 0.104. The van der Waals surface area contributed by atoms with Crippen LogP contribution in [0, 0.1) is 0 Å². The zero-order valence-corrected chi connectivity index (χ0v) is 14.8. The second-order valence-corrected chi connectivity index (χ2v) is 5.07. The van der Waals surface area contributed by atoms with Gasteiger partial charge in [-0.1, -0.05) is 66.7 Å².